The molecule has 0 aliphatic heterocycles. The van der Waals surface area contributed by atoms with Gasteiger partial charge in [0.2, 0.25) is 0 Å². The van der Waals surface area contributed by atoms with Crippen molar-refractivity contribution in [1.29, 1.82) is 0 Å². The summed E-state index contributed by atoms with van der Waals surface area (Å²) in [6, 6.07) is 1.52. The maximum Gasteiger partial charge on any atom is 0.416 e. The van der Waals surface area contributed by atoms with Crippen LogP contribution in [0.4, 0.5) is 26.3 Å². The lowest BCUT2D eigenvalue weighted by Gasteiger charge is -2.24. The highest BCUT2D eigenvalue weighted by molar-refractivity contribution is 6.18. The normalized spacial score (nSPS) is 13.7. The molecule has 0 nitrogen and oxygen atoms in total. The summed E-state index contributed by atoms with van der Waals surface area (Å²) in [4.78, 5) is 0. The number of hydrogen-bond donors (Lipinski definition) is 0. The Labute approximate surface area is 111 Å². The molecule has 108 valence electrons. The second-order valence-electron chi connectivity index (χ2n) is 4.81. The molecule has 0 N–H and O–H groups in total. The third-order valence-corrected chi connectivity index (χ3v) is 3.37. The molecule has 0 unspecified atom stereocenters. The molecule has 0 amide bonds. The fourth-order valence-corrected chi connectivity index (χ4v) is 1.58. The van der Waals surface area contributed by atoms with Crippen molar-refractivity contribution in [3.05, 3.63) is 34.9 Å². The summed E-state index contributed by atoms with van der Waals surface area (Å²) in [5.41, 5.74) is -3.72. The molecule has 19 heavy (non-hydrogen) atoms. The van der Waals surface area contributed by atoms with E-state index in [2.05, 4.69) is 0 Å². The zero-order valence-electron chi connectivity index (χ0n) is 10.1. The summed E-state index contributed by atoms with van der Waals surface area (Å²) in [7, 11) is 0. The largest absolute Gasteiger partial charge is 0.416 e. The van der Waals surface area contributed by atoms with Crippen LogP contribution in [0, 0.1) is 0 Å². The van der Waals surface area contributed by atoms with Crippen LogP contribution in [0.3, 0.4) is 0 Å². The highest BCUT2D eigenvalue weighted by atomic mass is 35.5. The van der Waals surface area contributed by atoms with Crippen LogP contribution >= 0.6 is 11.6 Å². The fourth-order valence-electron chi connectivity index (χ4n) is 1.42. The van der Waals surface area contributed by atoms with E-state index in [1.54, 1.807) is 0 Å². The topological polar surface area (TPSA) is 0 Å². The Bertz CT molecular complexity index is 426. The summed E-state index contributed by atoms with van der Waals surface area (Å²) >= 11 is 5.60. The Morgan fingerprint density at radius 1 is 0.789 bits per heavy atom. The summed E-state index contributed by atoms with van der Waals surface area (Å²) in [6.45, 7) is 2.96. The summed E-state index contributed by atoms with van der Waals surface area (Å²) in [6.07, 6.45) is -9.67. The lowest BCUT2D eigenvalue weighted by molar-refractivity contribution is -0.143. The molecular formula is C12H11ClF6. The van der Waals surface area contributed by atoms with Gasteiger partial charge in [-0.2, -0.15) is 26.3 Å². The third kappa shape index (κ3) is 3.78. The molecule has 0 aliphatic rings. The fraction of sp³-hybridized carbons (Fsp3) is 0.500. The molecule has 1 aromatic carbocycles. The summed E-state index contributed by atoms with van der Waals surface area (Å²) < 4.78 is 75.8. The molecule has 0 bridgehead atoms. The van der Waals surface area contributed by atoms with Gasteiger partial charge in [-0.1, -0.05) is 13.8 Å². The van der Waals surface area contributed by atoms with Gasteiger partial charge >= 0.3 is 12.4 Å². The van der Waals surface area contributed by atoms with E-state index in [0.29, 0.717) is 12.1 Å². The molecule has 0 fully saturated rings. The average Bonchev–Trinajstić information content (AvgIpc) is 2.26. The molecule has 0 saturated carbocycles. The van der Waals surface area contributed by atoms with E-state index in [-0.39, 0.29) is 17.5 Å². The maximum absolute atomic E-state index is 12.6. The molecule has 0 atom stereocenters. The van der Waals surface area contributed by atoms with Gasteiger partial charge < -0.3 is 0 Å². The minimum atomic E-state index is -4.83. The Balaban J connectivity index is 3.51. The van der Waals surface area contributed by atoms with Crippen molar-refractivity contribution in [3.8, 4) is 0 Å². The van der Waals surface area contributed by atoms with Crippen LogP contribution in [0.15, 0.2) is 18.2 Å². The van der Waals surface area contributed by atoms with Gasteiger partial charge in [-0.15, -0.1) is 11.6 Å². The molecule has 1 aromatic rings. The maximum atomic E-state index is 12.6. The van der Waals surface area contributed by atoms with Crippen molar-refractivity contribution in [2.45, 2.75) is 31.6 Å². The molecule has 0 aromatic heterocycles. The van der Waals surface area contributed by atoms with Crippen molar-refractivity contribution in [2.75, 3.05) is 5.88 Å². The number of halogens is 7. The molecular weight excluding hydrogens is 294 g/mol. The highest BCUT2D eigenvalue weighted by Crippen LogP contribution is 2.39. The Morgan fingerprint density at radius 2 is 1.11 bits per heavy atom. The Kier molecular flexibility index (Phi) is 4.15. The van der Waals surface area contributed by atoms with E-state index < -0.39 is 28.9 Å². The van der Waals surface area contributed by atoms with Gasteiger partial charge in [0.15, 0.2) is 0 Å². The summed E-state index contributed by atoms with van der Waals surface area (Å²) in [5.74, 6) is -0.0917. The van der Waals surface area contributed by atoms with Crippen molar-refractivity contribution in [2.24, 2.45) is 0 Å². The first kappa shape index (κ1) is 16.1. The van der Waals surface area contributed by atoms with E-state index in [4.69, 9.17) is 11.6 Å². The molecule has 1 rings (SSSR count). The predicted octanol–water partition coefficient (Wildman–Crippen LogP) is 5.24. The summed E-state index contributed by atoms with van der Waals surface area (Å²) in [5, 5.41) is 0. The molecule has 0 saturated heterocycles. The monoisotopic (exact) mass is 304 g/mol. The number of alkyl halides is 7. The van der Waals surface area contributed by atoms with Crippen LogP contribution in [0.1, 0.15) is 30.5 Å². The number of hydrogen-bond acceptors (Lipinski definition) is 0. The highest BCUT2D eigenvalue weighted by Gasteiger charge is 2.38. The second kappa shape index (κ2) is 4.89. The minimum absolute atomic E-state index is 0.0917. The van der Waals surface area contributed by atoms with Gasteiger partial charge in [-0.25, -0.2) is 0 Å². The minimum Gasteiger partial charge on any atom is -0.166 e. The quantitative estimate of drug-likeness (QED) is 0.518. The van der Waals surface area contributed by atoms with E-state index in [1.807, 2.05) is 0 Å². The molecule has 0 spiro atoms. The van der Waals surface area contributed by atoms with Crippen LogP contribution < -0.4 is 0 Å². The van der Waals surface area contributed by atoms with Crippen LogP contribution in [0.5, 0.6) is 0 Å². The number of rotatable bonds is 2. The van der Waals surface area contributed by atoms with Gasteiger partial charge in [-0.3, -0.25) is 0 Å². The van der Waals surface area contributed by atoms with Crippen molar-refractivity contribution >= 4 is 11.6 Å². The Hall–Kier alpha value is -0.910. The zero-order valence-corrected chi connectivity index (χ0v) is 10.8. The lowest BCUT2D eigenvalue weighted by Crippen LogP contribution is -2.22. The van der Waals surface area contributed by atoms with Gasteiger partial charge in [0.1, 0.15) is 0 Å². The number of benzene rings is 1. The van der Waals surface area contributed by atoms with Gasteiger partial charge in [-0.05, 0) is 23.8 Å². The van der Waals surface area contributed by atoms with E-state index in [1.165, 1.54) is 13.8 Å². The average molecular weight is 305 g/mol. The van der Waals surface area contributed by atoms with E-state index in [0.717, 1.165) is 0 Å². The standard InChI is InChI=1S/C12H11ClF6/c1-10(2,6-13)7-3-8(11(14,15)16)5-9(4-7)12(17,18)19/h3-5H,6H2,1-2H3. The van der Waals surface area contributed by atoms with Gasteiger partial charge in [0.05, 0.1) is 11.1 Å². The van der Waals surface area contributed by atoms with Crippen molar-refractivity contribution < 1.29 is 26.3 Å². The van der Waals surface area contributed by atoms with Crippen LogP contribution in [-0.4, -0.2) is 5.88 Å². The zero-order chi connectivity index (χ0) is 15.1. The first-order valence-corrected chi connectivity index (χ1v) is 5.77. The third-order valence-electron chi connectivity index (χ3n) is 2.70. The molecule has 0 aliphatic carbocycles. The molecule has 7 heteroatoms. The van der Waals surface area contributed by atoms with E-state index >= 15 is 0 Å². The smallest absolute Gasteiger partial charge is 0.166 e. The van der Waals surface area contributed by atoms with Crippen molar-refractivity contribution in [3.63, 3.8) is 0 Å². The van der Waals surface area contributed by atoms with Crippen LogP contribution in [0.25, 0.3) is 0 Å². The first-order chi connectivity index (χ1) is 8.38. The SMILES string of the molecule is CC(C)(CCl)c1cc(C(F)(F)F)cc(C(F)(F)F)c1. The van der Waals surface area contributed by atoms with Gasteiger partial charge in [0.25, 0.3) is 0 Å². The van der Waals surface area contributed by atoms with Crippen molar-refractivity contribution in [1.82, 2.24) is 0 Å². The van der Waals surface area contributed by atoms with Crippen LogP contribution in [0.2, 0.25) is 0 Å². The Morgan fingerprint density at radius 3 is 1.37 bits per heavy atom. The molecule has 0 heterocycles. The lowest BCUT2D eigenvalue weighted by atomic mass is 9.84. The second-order valence-corrected chi connectivity index (χ2v) is 5.08. The van der Waals surface area contributed by atoms with Gasteiger partial charge in [0, 0.05) is 11.3 Å². The molecule has 0 radical (unpaired) electrons. The van der Waals surface area contributed by atoms with E-state index in [9.17, 15) is 26.3 Å². The van der Waals surface area contributed by atoms with Crippen LogP contribution in [-0.2, 0) is 17.8 Å². The first-order valence-electron chi connectivity index (χ1n) is 5.24. The predicted molar refractivity (Wildman–Crippen MR) is 60.2 cm³/mol.